The molecule has 1 aromatic carbocycles. The number of anilines is 2. The molecule has 1 saturated carbocycles. The van der Waals surface area contributed by atoms with E-state index in [2.05, 4.69) is 25.3 Å². The van der Waals surface area contributed by atoms with Gasteiger partial charge in [0.1, 0.15) is 0 Å². The Hall–Kier alpha value is -2.96. The van der Waals surface area contributed by atoms with Crippen LogP contribution in [0.1, 0.15) is 57.4 Å². The predicted octanol–water partition coefficient (Wildman–Crippen LogP) is 4.75. The minimum atomic E-state index is -3.73. The van der Waals surface area contributed by atoms with Crippen molar-refractivity contribution in [2.45, 2.75) is 69.4 Å². The maximum atomic E-state index is 13.1. The van der Waals surface area contributed by atoms with Gasteiger partial charge >= 0.3 is 6.09 Å². The molecule has 0 atom stereocenters. The molecule has 0 spiro atoms. The van der Waals surface area contributed by atoms with Crippen molar-refractivity contribution >= 4 is 39.1 Å². The average Bonchev–Trinajstić information content (AvgIpc) is 3.48. The second-order valence-electron chi connectivity index (χ2n) is 9.41. The molecule has 200 valence electrons. The fraction of sp³-hybridized carbons (Fsp3) is 0.480. The lowest BCUT2D eigenvalue weighted by Gasteiger charge is -2.28. The normalized spacial score (nSPS) is 18.1. The maximum absolute atomic E-state index is 13.1. The number of benzene rings is 1. The molecule has 0 radical (unpaired) electrons. The first-order chi connectivity index (χ1) is 17.7. The van der Waals surface area contributed by atoms with Crippen LogP contribution < -0.4 is 15.4 Å². The van der Waals surface area contributed by atoms with E-state index in [-0.39, 0.29) is 35.6 Å². The number of nitrogens with one attached hydrogen (secondary N) is 3. The first kappa shape index (κ1) is 27.1. The number of aromatic nitrogens is 3. The topological polar surface area (TPSA) is 127 Å². The molecular formula is C25H34N6O4S2. The smallest absolute Gasteiger partial charge is 0.407 e. The van der Waals surface area contributed by atoms with Gasteiger partial charge in [-0.1, -0.05) is 13.0 Å². The SMILES string of the molecule is CCNS(=O)(=O)c1cc(Nc2nccn2C)ccc1-c1cnc(C2CCC(NC(=O)OC(C)C)CC2)s1. The molecule has 3 N–H and O–H groups in total. The lowest BCUT2D eigenvalue weighted by atomic mass is 9.86. The lowest BCUT2D eigenvalue weighted by Crippen LogP contribution is -2.38. The van der Waals surface area contributed by atoms with E-state index in [0.717, 1.165) is 35.6 Å². The van der Waals surface area contributed by atoms with E-state index in [1.165, 1.54) is 11.3 Å². The number of rotatable bonds is 9. The number of alkyl carbamates (subject to hydrolysis) is 1. The van der Waals surface area contributed by atoms with Gasteiger partial charge in [0.25, 0.3) is 0 Å². The van der Waals surface area contributed by atoms with Gasteiger partial charge in [0.05, 0.1) is 20.9 Å². The summed E-state index contributed by atoms with van der Waals surface area (Å²) in [5, 5.41) is 7.12. The summed E-state index contributed by atoms with van der Waals surface area (Å²) in [6, 6.07) is 5.39. The van der Waals surface area contributed by atoms with E-state index in [1.54, 1.807) is 25.4 Å². The number of nitrogens with zero attached hydrogens (tertiary/aromatic N) is 3. The molecule has 2 heterocycles. The van der Waals surface area contributed by atoms with Crippen LogP contribution in [0.15, 0.2) is 41.7 Å². The molecule has 1 amide bonds. The van der Waals surface area contributed by atoms with Gasteiger partial charge in [-0.15, -0.1) is 11.3 Å². The molecule has 0 unspecified atom stereocenters. The van der Waals surface area contributed by atoms with Crippen LogP contribution in [0.3, 0.4) is 0 Å². The zero-order valence-electron chi connectivity index (χ0n) is 21.5. The molecule has 0 aliphatic heterocycles. The maximum Gasteiger partial charge on any atom is 0.407 e. The van der Waals surface area contributed by atoms with Gasteiger partial charge in [0.15, 0.2) is 0 Å². The Morgan fingerprint density at radius 2 is 1.97 bits per heavy atom. The summed E-state index contributed by atoms with van der Waals surface area (Å²) in [4.78, 5) is 21.8. The van der Waals surface area contributed by atoms with Crippen LogP contribution in [0, 0.1) is 0 Å². The number of imidazole rings is 1. The molecule has 0 saturated heterocycles. The molecule has 1 aliphatic rings. The highest BCUT2D eigenvalue weighted by molar-refractivity contribution is 7.89. The molecule has 3 aromatic rings. The number of sulfonamides is 1. The van der Waals surface area contributed by atoms with Crippen molar-refractivity contribution in [3.63, 3.8) is 0 Å². The molecule has 1 aliphatic carbocycles. The predicted molar refractivity (Wildman–Crippen MR) is 145 cm³/mol. The van der Waals surface area contributed by atoms with Crippen LogP contribution in [0.4, 0.5) is 16.4 Å². The number of carbonyl (C=O) groups excluding carboxylic acids is 1. The Labute approximate surface area is 221 Å². The van der Waals surface area contributed by atoms with Crippen molar-refractivity contribution in [2.75, 3.05) is 11.9 Å². The standard InChI is InChI=1S/C25H34N6O4S2/c1-5-28-37(33,34)22-14-19(29-24-26-12-13-31(24)4)10-11-20(22)21-15-27-23(36-21)17-6-8-18(9-7-17)30-25(32)35-16(2)3/h10-18,28H,5-9H2,1-4H3,(H,26,29)(H,30,32). The van der Waals surface area contributed by atoms with E-state index in [0.29, 0.717) is 17.2 Å². The van der Waals surface area contributed by atoms with Crippen LogP contribution in [0.5, 0.6) is 0 Å². The second kappa shape index (κ2) is 11.6. The fourth-order valence-electron chi connectivity index (χ4n) is 4.41. The summed E-state index contributed by atoms with van der Waals surface area (Å²) in [7, 11) is -1.87. The molecule has 4 rings (SSSR count). The number of ether oxygens (including phenoxy) is 1. The Bertz CT molecular complexity index is 1330. The highest BCUT2D eigenvalue weighted by Crippen LogP contribution is 2.40. The highest BCUT2D eigenvalue weighted by atomic mass is 32.2. The summed E-state index contributed by atoms with van der Waals surface area (Å²) in [6.45, 7) is 5.70. The molecule has 1 fully saturated rings. The number of amides is 1. The van der Waals surface area contributed by atoms with Crippen molar-refractivity contribution in [1.82, 2.24) is 24.6 Å². The largest absolute Gasteiger partial charge is 0.447 e. The summed E-state index contributed by atoms with van der Waals surface area (Å²) < 4.78 is 35.9. The minimum absolute atomic E-state index is 0.0950. The third-order valence-corrected chi connectivity index (χ3v) is 8.99. The summed E-state index contributed by atoms with van der Waals surface area (Å²) in [5.41, 5.74) is 1.24. The first-order valence-corrected chi connectivity index (χ1v) is 14.8. The Kier molecular flexibility index (Phi) is 8.50. The van der Waals surface area contributed by atoms with E-state index >= 15 is 0 Å². The van der Waals surface area contributed by atoms with Crippen LogP contribution in [-0.4, -0.2) is 47.7 Å². The summed E-state index contributed by atoms with van der Waals surface area (Å²) >= 11 is 1.53. The van der Waals surface area contributed by atoms with Crippen molar-refractivity contribution in [3.8, 4) is 10.4 Å². The number of hydrogen-bond donors (Lipinski definition) is 3. The third-order valence-electron chi connectivity index (χ3n) is 6.21. The first-order valence-electron chi connectivity index (χ1n) is 12.5. The van der Waals surface area contributed by atoms with Crippen molar-refractivity contribution in [3.05, 3.63) is 41.8 Å². The molecule has 37 heavy (non-hydrogen) atoms. The molecule has 10 nitrogen and oxygen atoms in total. The Morgan fingerprint density at radius 3 is 2.62 bits per heavy atom. The minimum Gasteiger partial charge on any atom is -0.447 e. The molecule has 0 bridgehead atoms. The summed E-state index contributed by atoms with van der Waals surface area (Å²) in [5.74, 6) is 0.887. The van der Waals surface area contributed by atoms with Gasteiger partial charge in [-0.2, -0.15) is 0 Å². The van der Waals surface area contributed by atoms with Gasteiger partial charge < -0.3 is 19.9 Å². The lowest BCUT2D eigenvalue weighted by molar-refractivity contribution is 0.109. The van der Waals surface area contributed by atoms with Gasteiger partial charge in [0.2, 0.25) is 16.0 Å². The zero-order valence-corrected chi connectivity index (χ0v) is 23.2. The van der Waals surface area contributed by atoms with Crippen LogP contribution >= 0.6 is 11.3 Å². The Morgan fingerprint density at radius 1 is 1.22 bits per heavy atom. The number of aryl methyl sites for hydroxylation is 1. The number of carbonyl (C=O) groups is 1. The number of thiazole rings is 1. The van der Waals surface area contributed by atoms with E-state index in [1.807, 2.05) is 43.8 Å². The van der Waals surface area contributed by atoms with E-state index in [9.17, 15) is 13.2 Å². The number of hydrogen-bond acceptors (Lipinski definition) is 8. The van der Waals surface area contributed by atoms with Crippen molar-refractivity contribution in [1.29, 1.82) is 0 Å². The molecular weight excluding hydrogens is 512 g/mol. The van der Waals surface area contributed by atoms with Gasteiger partial charge in [-0.25, -0.2) is 27.9 Å². The molecule has 12 heteroatoms. The monoisotopic (exact) mass is 546 g/mol. The fourth-order valence-corrected chi connectivity index (χ4v) is 6.89. The van der Waals surface area contributed by atoms with Crippen LogP contribution in [0.25, 0.3) is 10.4 Å². The van der Waals surface area contributed by atoms with Crippen molar-refractivity contribution < 1.29 is 17.9 Å². The van der Waals surface area contributed by atoms with E-state index in [4.69, 9.17) is 4.74 Å². The highest BCUT2D eigenvalue weighted by Gasteiger charge is 2.27. The quantitative estimate of drug-likeness (QED) is 0.354. The molecule has 2 aromatic heterocycles. The van der Waals surface area contributed by atoms with Crippen LogP contribution in [-0.2, 0) is 21.8 Å². The second-order valence-corrected chi connectivity index (χ2v) is 12.2. The van der Waals surface area contributed by atoms with Gasteiger partial charge in [0, 0.05) is 55.4 Å². The zero-order chi connectivity index (χ0) is 26.6. The van der Waals surface area contributed by atoms with Gasteiger partial charge in [-0.05, 0) is 51.7 Å². The van der Waals surface area contributed by atoms with E-state index < -0.39 is 10.0 Å². The van der Waals surface area contributed by atoms with Crippen molar-refractivity contribution in [2.24, 2.45) is 7.05 Å². The Balaban J connectivity index is 1.52. The average molecular weight is 547 g/mol. The van der Waals surface area contributed by atoms with Gasteiger partial charge in [-0.3, -0.25) is 0 Å². The van der Waals surface area contributed by atoms with Crippen LogP contribution in [0.2, 0.25) is 0 Å². The summed E-state index contributed by atoms with van der Waals surface area (Å²) in [6.07, 6.45) is 8.22. The third kappa shape index (κ3) is 6.68.